The van der Waals surface area contributed by atoms with Gasteiger partial charge >= 0.3 is 0 Å². The molecule has 1 aliphatic rings. The fourth-order valence-corrected chi connectivity index (χ4v) is 4.44. The molecule has 3 unspecified atom stereocenters. The smallest absolute Gasteiger partial charge is 0.0391 e. The molecule has 0 radical (unpaired) electrons. The topological polar surface area (TPSA) is 15.3 Å². The van der Waals surface area contributed by atoms with Crippen molar-refractivity contribution in [2.45, 2.75) is 51.6 Å². The van der Waals surface area contributed by atoms with E-state index in [9.17, 15) is 0 Å². The van der Waals surface area contributed by atoms with Crippen LogP contribution < -0.4 is 5.32 Å². The van der Waals surface area contributed by atoms with Gasteiger partial charge in [-0.05, 0) is 55.9 Å². The van der Waals surface area contributed by atoms with Crippen LogP contribution >= 0.6 is 0 Å². The molecule has 1 aliphatic heterocycles. The van der Waals surface area contributed by atoms with Gasteiger partial charge in [0, 0.05) is 12.1 Å². The molecular weight excluding hydrogens is 316 g/mol. The summed E-state index contributed by atoms with van der Waals surface area (Å²) in [5, 5.41) is 3.85. The van der Waals surface area contributed by atoms with Crippen molar-refractivity contribution in [2.75, 3.05) is 19.6 Å². The van der Waals surface area contributed by atoms with Gasteiger partial charge in [0.05, 0.1) is 0 Å². The van der Waals surface area contributed by atoms with Crippen molar-refractivity contribution >= 4 is 0 Å². The number of likely N-dealkylation sites (tertiary alicyclic amines) is 1. The third-order valence-electron chi connectivity index (χ3n) is 5.72. The number of nitrogens with one attached hydrogen (secondary N) is 1. The van der Waals surface area contributed by atoms with Crippen LogP contribution in [-0.2, 0) is 0 Å². The first-order valence-corrected chi connectivity index (χ1v) is 10.4. The summed E-state index contributed by atoms with van der Waals surface area (Å²) >= 11 is 0. The molecule has 0 aromatic heterocycles. The van der Waals surface area contributed by atoms with Crippen molar-refractivity contribution in [3.8, 4) is 0 Å². The largest absolute Gasteiger partial charge is 0.310 e. The van der Waals surface area contributed by atoms with Gasteiger partial charge in [-0.3, -0.25) is 4.90 Å². The molecule has 2 heteroatoms. The van der Waals surface area contributed by atoms with E-state index in [0.29, 0.717) is 18.0 Å². The van der Waals surface area contributed by atoms with Crippen LogP contribution in [0.3, 0.4) is 0 Å². The van der Waals surface area contributed by atoms with E-state index >= 15 is 0 Å². The van der Waals surface area contributed by atoms with E-state index in [1.807, 2.05) is 0 Å². The molecule has 140 valence electrons. The Balaban J connectivity index is 1.91. The molecule has 2 aromatic rings. The normalized spacial score (nSPS) is 19.0. The zero-order chi connectivity index (χ0) is 18.2. The van der Waals surface area contributed by atoms with Gasteiger partial charge in [0.15, 0.2) is 0 Å². The number of hydrogen-bond donors (Lipinski definition) is 1. The molecule has 0 bridgehead atoms. The number of hydrogen-bond acceptors (Lipinski definition) is 2. The molecule has 3 atom stereocenters. The minimum absolute atomic E-state index is 0.378. The molecule has 26 heavy (non-hydrogen) atoms. The maximum Gasteiger partial charge on any atom is 0.0391 e. The van der Waals surface area contributed by atoms with Crippen molar-refractivity contribution in [3.05, 3.63) is 71.8 Å². The molecule has 3 rings (SSSR count). The van der Waals surface area contributed by atoms with Gasteiger partial charge < -0.3 is 5.32 Å². The minimum Gasteiger partial charge on any atom is -0.310 e. The van der Waals surface area contributed by atoms with Gasteiger partial charge in [-0.1, -0.05) is 80.9 Å². The summed E-state index contributed by atoms with van der Waals surface area (Å²) in [6.07, 6.45) is 5.20. The fourth-order valence-electron chi connectivity index (χ4n) is 4.44. The zero-order valence-electron chi connectivity index (χ0n) is 16.4. The third-order valence-corrected chi connectivity index (χ3v) is 5.72. The van der Waals surface area contributed by atoms with Crippen LogP contribution in [0.15, 0.2) is 60.7 Å². The lowest BCUT2D eigenvalue weighted by atomic mass is 9.83. The standard InChI is InChI=1S/C24H34N2/c1-3-17-25-23(21-13-7-4-8-14-21)20(2)24(22-15-9-5-10-16-22)26-18-11-6-12-19-26/h4-5,7-10,13-16,20,23-25H,3,6,11-12,17-19H2,1-2H3. The molecular formula is C24H34N2. The highest BCUT2D eigenvalue weighted by Gasteiger charge is 2.32. The van der Waals surface area contributed by atoms with E-state index in [0.717, 1.165) is 13.0 Å². The summed E-state index contributed by atoms with van der Waals surface area (Å²) in [7, 11) is 0. The van der Waals surface area contributed by atoms with Crippen molar-refractivity contribution in [2.24, 2.45) is 5.92 Å². The van der Waals surface area contributed by atoms with E-state index in [-0.39, 0.29) is 0 Å². The molecule has 0 aliphatic carbocycles. The van der Waals surface area contributed by atoms with Gasteiger partial charge in [0.25, 0.3) is 0 Å². The molecule has 1 fully saturated rings. The summed E-state index contributed by atoms with van der Waals surface area (Å²) in [5.41, 5.74) is 2.87. The van der Waals surface area contributed by atoms with Gasteiger partial charge in [-0.25, -0.2) is 0 Å². The second-order valence-electron chi connectivity index (χ2n) is 7.65. The van der Waals surface area contributed by atoms with Crippen molar-refractivity contribution in [1.29, 1.82) is 0 Å². The summed E-state index contributed by atoms with van der Waals surface area (Å²) in [6, 6.07) is 23.0. The van der Waals surface area contributed by atoms with Crippen LogP contribution in [0.5, 0.6) is 0 Å². The SMILES string of the molecule is CCCNC(c1ccccc1)C(C)C(c1ccccc1)N1CCCCC1. The van der Waals surface area contributed by atoms with Gasteiger partial charge in [0.2, 0.25) is 0 Å². The summed E-state index contributed by atoms with van der Waals surface area (Å²) in [6.45, 7) is 8.19. The Hall–Kier alpha value is -1.64. The van der Waals surface area contributed by atoms with Crippen LogP contribution in [0.25, 0.3) is 0 Å². The maximum absolute atomic E-state index is 3.85. The average Bonchev–Trinajstić information content (AvgIpc) is 2.71. The maximum atomic E-state index is 3.85. The van der Waals surface area contributed by atoms with E-state index in [1.54, 1.807) is 0 Å². The average molecular weight is 351 g/mol. The third kappa shape index (κ3) is 4.75. The molecule has 0 amide bonds. The fraction of sp³-hybridized carbons (Fsp3) is 0.500. The van der Waals surface area contributed by atoms with Crippen molar-refractivity contribution in [1.82, 2.24) is 10.2 Å². The lowest BCUT2D eigenvalue weighted by Gasteiger charge is -2.41. The second-order valence-corrected chi connectivity index (χ2v) is 7.65. The Bertz CT molecular complexity index is 619. The first kappa shape index (κ1) is 19.1. The molecule has 2 nitrogen and oxygen atoms in total. The monoisotopic (exact) mass is 350 g/mol. The highest BCUT2D eigenvalue weighted by molar-refractivity contribution is 5.24. The Morgan fingerprint density at radius 2 is 1.42 bits per heavy atom. The van der Waals surface area contributed by atoms with Crippen LogP contribution in [0, 0.1) is 5.92 Å². The Labute approximate surface area is 159 Å². The predicted molar refractivity (Wildman–Crippen MR) is 111 cm³/mol. The Morgan fingerprint density at radius 1 is 0.846 bits per heavy atom. The number of nitrogens with zero attached hydrogens (tertiary/aromatic N) is 1. The number of benzene rings is 2. The summed E-state index contributed by atoms with van der Waals surface area (Å²) in [4.78, 5) is 2.73. The zero-order valence-corrected chi connectivity index (χ0v) is 16.4. The molecule has 2 aromatic carbocycles. The van der Waals surface area contributed by atoms with E-state index in [4.69, 9.17) is 0 Å². The van der Waals surface area contributed by atoms with Crippen LogP contribution in [0.2, 0.25) is 0 Å². The lowest BCUT2D eigenvalue weighted by Crippen LogP contribution is -2.41. The highest BCUT2D eigenvalue weighted by atomic mass is 15.2. The van der Waals surface area contributed by atoms with Gasteiger partial charge in [-0.15, -0.1) is 0 Å². The molecule has 0 saturated carbocycles. The highest BCUT2D eigenvalue weighted by Crippen LogP contribution is 2.38. The predicted octanol–water partition coefficient (Wildman–Crippen LogP) is 5.59. The van der Waals surface area contributed by atoms with Crippen LogP contribution in [0.1, 0.15) is 62.7 Å². The summed E-state index contributed by atoms with van der Waals surface area (Å²) in [5.74, 6) is 0.504. The van der Waals surface area contributed by atoms with E-state index in [1.165, 1.54) is 43.5 Å². The first-order valence-electron chi connectivity index (χ1n) is 10.4. The van der Waals surface area contributed by atoms with Crippen molar-refractivity contribution in [3.63, 3.8) is 0 Å². The first-order chi connectivity index (χ1) is 12.8. The molecule has 1 N–H and O–H groups in total. The van der Waals surface area contributed by atoms with Gasteiger partial charge in [0.1, 0.15) is 0 Å². The van der Waals surface area contributed by atoms with Crippen LogP contribution in [0.4, 0.5) is 0 Å². The molecule has 1 heterocycles. The van der Waals surface area contributed by atoms with Gasteiger partial charge in [-0.2, -0.15) is 0 Å². The number of piperidine rings is 1. The quantitative estimate of drug-likeness (QED) is 0.667. The minimum atomic E-state index is 0.378. The number of rotatable bonds is 8. The second kappa shape index (κ2) is 9.89. The Morgan fingerprint density at radius 3 is 2.00 bits per heavy atom. The van der Waals surface area contributed by atoms with E-state index in [2.05, 4.69) is 84.7 Å². The Kier molecular flexibility index (Phi) is 7.28. The van der Waals surface area contributed by atoms with Crippen molar-refractivity contribution < 1.29 is 0 Å². The summed E-state index contributed by atoms with van der Waals surface area (Å²) < 4.78 is 0. The van der Waals surface area contributed by atoms with Crippen LogP contribution in [-0.4, -0.2) is 24.5 Å². The molecule has 0 spiro atoms. The molecule has 1 saturated heterocycles. The van der Waals surface area contributed by atoms with E-state index < -0.39 is 0 Å². The lowest BCUT2D eigenvalue weighted by molar-refractivity contribution is 0.104.